The molecule has 0 atom stereocenters. The predicted octanol–water partition coefficient (Wildman–Crippen LogP) is 2.34. The lowest BCUT2D eigenvalue weighted by molar-refractivity contribution is 0.367. The number of aromatic nitrogens is 2. The molecule has 1 aliphatic heterocycles. The second-order valence-electron chi connectivity index (χ2n) is 5.13. The molecule has 18 heavy (non-hydrogen) atoms. The summed E-state index contributed by atoms with van der Waals surface area (Å²) in [6.07, 6.45) is 5.69. The van der Waals surface area contributed by atoms with E-state index in [9.17, 15) is 0 Å². The third-order valence-corrected chi connectivity index (χ3v) is 3.72. The van der Waals surface area contributed by atoms with Crippen molar-refractivity contribution in [3.8, 4) is 0 Å². The number of hydrogen-bond acceptors (Lipinski definition) is 4. The predicted molar refractivity (Wildman–Crippen MR) is 75.1 cm³/mol. The fourth-order valence-electron chi connectivity index (χ4n) is 2.40. The van der Waals surface area contributed by atoms with Crippen LogP contribution in [0.5, 0.6) is 0 Å². The zero-order chi connectivity index (χ0) is 13.0. The molecule has 0 aromatic carbocycles. The van der Waals surface area contributed by atoms with E-state index in [1.54, 1.807) is 12.5 Å². The summed E-state index contributed by atoms with van der Waals surface area (Å²) in [4.78, 5) is 10.6. The van der Waals surface area contributed by atoms with Crippen LogP contribution in [-0.4, -0.2) is 35.6 Å². The van der Waals surface area contributed by atoms with Crippen molar-refractivity contribution in [3.05, 3.63) is 17.5 Å². The van der Waals surface area contributed by atoms with Gasteiger partial charge < -0.3 is 10.2 Å². The first-order chi connectivity index (χ1) is 8.68. The molecule has 5 heteroatoms. The molecule has 0 bridgehead atoms. The Labute approximate surface area is 114 Å². The van der Waals surface area contributed by atoms with Crippen molar-refractivity contribution in [2.24, 2.45) is 5.92 Å². The largest absolute Gasteiger partial charge is 0.353 e. The highest BCUT2D eigenvalue weighted by Crippen LogP contribution is 2.26. The first-order valence-electron chi connectivity index (χ1n) is 6.61. The minimum absolute atomic E-state index is 0.396. The molecule has 0 unspecified atom stereocenters. The molecular weight excluding hydrogens is 248 g/mol. The summed E-state index contributed by atoms with van der Waals surface area (Å²) in [5.74, 6) is 1.58. The van der Waals surface area contributed by atoms with Crippen molar-refractivity contribution in [3.63, 3.8) is 0 Å². The lowest BCUT2D eigenvalue weighted by atomic mass is 9.97. The van der Waals surface area contributed by atoms with Crippen molar-refractivity contribution in [1.82, 2.24) is 15.3 Å². The van der Waals surface area contributed by atoms with Crippen molar-refractivity contribution in [1.29, 1.82) is 0 Å². The molecule has 0 aliphatic carbocycles. The Bertz CT molecular complexity index is 377. The molecule has 0 spiro atoms. The van der Waals surface area contributed by atoms with Gasteiger partial charge in [0, 0.05) is 12.6 Å². The molecule has 1 aromatic rings. The molecule has 100 valence electrons. The third-order valence-electron chi connectivity index (χ3n) is 3.46. The zero-order valence-corrected chi connectivity index (χ0v) is 11.8. The fraction of sp³-hybridized carbons (Fsp3) is 0.692. The number of hydrogen-bond donors (Lipinski definition) is 1. The molecule has 4 nitrogen and oxygen atoms in total. The van der Waals surface area contributed by atoms with E-state index in [1.165, 1.54) is 12.8 Å². The number of nitrogens with one attached hydrogen (secondary N) is 1. The summed E-state index contributed by atoms with van der Waals surface area (Å²) in [7, 11) is 0. The molecule has 0 amide bonds. The quantitative estimate of drug-likeness (QED) is 0.910. The fourth-order valence-corrected chi connectivity index (χ4v) is 2.62. The summed E-state index contributed by atoms with van der Waals surface area (Å²) in [6, 6.07) is 0.396. The van der Waals surface area contributed by atoms with Gasteiger partial charge in [-0.05, 0) is 45.7 Å². The molecule has 1 N–H and O–H groups in total. The van der Waals surface area contributed by atoms with Crippen LogP contribution >= 0.6 is 11.6 Å². The van der Waals surface area contributed by atoms with Crippen molar-refractivity contribution in [2.75, 3.05) is 24.5 Å². The van der Waals surface area contributed by atoms with Gasteiger partial charge in [-0.1, -0.05) is 11.6 Å². The van der Waals surface area contributed by atoms with Crippen LogP contribution in [0, 0.1) is 5.92 Å². The first-order valence-corrected chi connectivity index (χ1v) is 6.99. The minimum atomic E-state index is 0.396. The van der Waals surface area contributed by atoms with E-state index in [-0.39, 0.29) is 0 Å². The topological polar surface area (TPSA) is 41.0 Å². The average molecular weight is 269 g/mol. The zero-order valence-electron chi connectivity index (χ0n) is 11.1. The first kappa shape index (κ1) is 13.6. The molecular formula is C13H21ClN4. The van der Waals surface area contributed by atoms with Crippen LogP contribution in [0.1, 0.15) is 26.7 Å². The third kappa shape index (κ3) is 3.33. The molecule has 2 rings (SSSR count). The molecule has 2 heterocycles. The van der Waals surface area contributed by atoms with Crippen molar-refractivity contribution < 1.29 is 0 Å². The Hall–Kier alpha value is -0.870. The van der Waals surface area contributed by atoms with Crippen LogP contribution in [0.25, 0.3) is 0 Å². The van der Waals surface area contributed by atoms with Gasteiger partial charge in [-0.15, -0.1) is 0 Å². The molecule has 1 saturated heterocycles. The SMILES string of the molecule is CC(C)N(CC1CCNCC1)c1ncncc1Cl. The normalized spacial score (nSPS) is 17.1. The Balaban J connectivity index is 2.10. The smallest absolute Gasteiger partial charge is 0.151 e. The summed E-state index contributed by atoms with van der Waals surface area (Å²) in [5, 5.41) is 4.04. The number of rotatable bonds is 4. The molecule has 1 fully saturated rings. The summed E-state index contributed by atoms with van der Waals surface area (Å²) in [6.45, 7) is 7.62. The Morgan fingerprint density at radius 2 is 2.17 bits per heavy atom. The number of nitrogens with zero attached hydrogens (tertiary/aromatic N) is 3. The van der Waals surface area contributed by atoms with E-state index < -0.39 is 0 Å². The van der Waals surface area contributed by atoms with Gasteiger partial charge >= 0.3 is 0 Å². The van der Waals surface area contributed by atoms with E-state index in [1.807, 2.05) is 0 Å². The van der Waals surface area contributed by atoms with Gasteiger partial charge in [-0.2, -0.15) is 0 Å². The number of piperidine rings is 1. The van der Waals surface area contributed by atoms with E-state index in [2.05, 4.69) is 34.0 Å². The van der Waals surface area contributed by atoms with E-state index >= 15 is 0 Å². The second-order valence-corrected chi connectivity index (χ2v) is 5.54. The molecule has 1 aromatic heterocycles. The molecule has 0 radical (unpaired) electrons. The van der Waals surface area contributed by atoms with Crippen molar-refractivity contribution >= 4 is 17.4 Å². The van der Waals surface area contributed by atoms with Gasteiger partial charge in [-0.3, -0.25) is 0 Å². The Morgan fingerprint density at radius 3 is 2.78 bits per heavy atom. The van der Waals surface area contributed by atoms with E-state index in [0.717, 1.165) is 31.4 Å². The van der Waals surface area contributed by atoms with Gasteiger partial charge in [0.15, 0.2) is 5.82 Å². The van der Waals surface area contributed by atoms with Crippen LogP contribution < -0.4 is 10.2 Å². The Kier molecular flexibility index (Phi) is 4.78. The lowest BCUT2D eigenvalue weighted by Gasteiger charge is -2.33. The van der Waals surface area contributed by atoms with Crippen LogP contribution in [0.3, 0.4) is 0 Å². The van der Waals surface area contributed by atoms with E-state index in [4.69, 9.17) is 11.6 Å². The Morgan fingerprint density at radius 1 is 1.44 bits per heavy atom. The maximum atomic E-state index is 6.20. The maximum absolute atomic E-state index is 6.20. The van der Waals surface area contributed by atoms with Crippen LogP contribution in [-0.2, 0) is 0 Å². The summed E-state index contributed by atoms with van der Waals surface area (Å²) < 4.78 is 0. The second kappa shape index (κ2) is 6.34. The maximum Gasteiger partial charge on any atom is 0.151 e. The monoisotopic (exact) mass is 268 g/mol. The van der Waals surface area contributed by atoms with Crippen LogP contribution in [0.4, 0.5) is 5.82 Å². The standard InChI is InChI=1S/C13H21ClN4/c1-10(2)18(8-11-3-5-15-6-4-11)13-12(14)7-16-9-17-13/h7,9-11,15H,3-6,8H2,1-2H3. The van der Waals surface area contributed by atoms with Crippen molar-refractivity contribution in [2.45, 2.75) is 32.7 Å². The van der Waals surface area contributed by atoms with Crippen LogP contribution in [0.2, 0.25) is 5.02 Å². The lowest BCUT2D eigenvalue weighted by Crippen LogP contribution is -2.40. The van der Waals surface area contributed by atoms with Gasteiger partial charge in [0.1, 0.15) is 11.3 Å². The van der Waals surface area contributed by atoms with Crippen LogP contribution in [0.15, 0.2) is 12.5 Å². The van der Waals surface area contributed by atoms with Gasteiger partial charge in [0.25, 0.3) is 0 Å². The summed E-state index contributed by atoms with van der Waals surface area (Å²) >= 11 is 6.20. The number of halogens is 1. The van der Waals surface area contributed by atoms with Gasteiger partial charge in [0.05, 0.1) is 6.20 Å². The molecule has 0 saturated carbocycles. The molecule has 1 aliphatic rings. The van der Waals surface area contributed by atoms with Gasteiger partial charge in [-0.25, -0.2) is 9.97 Å². The average Bonchev–Trinajstić information content (AvgIpc) is 2.38. The van der Waals surface area contributed by atoms with E-state index in [0.29, 0.717) is 11.1 Å². The summed E-state index contributed by atoms with van der Waals surface area (Å²) in [5.41, 5.74) is 0. The highest BCUT2D eigenvalue weighted by molar-refractivity contribution is 6.32. The highest BCUT2D eigenvalue weighted by atomic mass is 35.5. The minimum Gasteiger partial charge on any atom is -0.353 e. The number of anilines is 1. The van der Waals surface area contributed by atoms with Gasteiger partial charge in [0.2, 0.25) is 0 Å². The highest BCUT2D eigenvalue weighted by Gasteiger charge is 2.21.